The predicted molar refractivity (Wildman–Crippen MR) is 97.1 cm³/mol. The SMILES string of the molecule is COCCNC(=O)c1cn(C[C@H]2CCCN(C(=O)c3cccnc3)C2)nn1. The highest BCUT2D eigenvalue weighted by Crippen LogP contribution is 2.20. The van der Waals surface area contributed by atoms with Crippen molar-refractivity contribution in [2.24, 2.45) is 5.92 Å². The van der Waals surface area contributed by atoms with Crippen molar-refractivity contribution in [3.05, 3.63) is 42.0 Å². The van der Waals surface area contributed by atoms with Crippen LogP contribution in [0.1, 0.15) is 33.7 Å². The Morgan fingerprint density at radius 3 is 3.07 bits per heavy atom. The monoisotopic (exact) mass is 372 g/mol. The van der Waals surface area contributed by atoms with Crippen molar-refractivity contribution in [1.82, 2.24) is 30.2 Å². The summed E-state index contributed by atoms with van der Waals surface area (Å²) in [7, 11) is 1.58. The quantitative estimate of drug-likeness (QED) is 0.714. The number of nitrogens with one attached hydrogen (secondary N) is 1. The number of pyridine rings is 1. The van der Waals surface area contributed by atoms with Crippen LogP contribution in [-0.2, 0) is 11.3 Å². The summed E-state index contributed by atoms with van der Waals surface area (Å²) < 4.78 is 6.58. The number of hydrogen-bond donors (Lipinski definition) is 1. The number of aromatic nitrogens is 4. The summed E-state index contributed by atoms with van der Waals surface area (Å²) >= 11 is 0. The fourth-order valence-electron chi connectivity index (χ4n) is 3.18. The zero-order chi connectivity index (χ0) is 19.1. The fourth-order valence-corrected chi connectivity index (χ4v) is 3.18. The molecule has 1 aliphatic heterocycles. The number of amides is 2. The van der Waals surface area contributed by atoms with E-state index in [1.165, 1.54) is 0 Å². The second-order valence-electron chi connectivity index (χ2n) is 6.58. The van der Waals surface area contributed by atoms with Gasteiger partial charge in [0.15, 0.2) is 5.69 Å². The molecule has 0 saturated carbocycles. The maximum absolute atomic E-state index is 12.6. The number of methoxy groups -OCH3 is 1. The molecule has 0 aliphatic carbocycles. The molecule has 1 N–H and O–H groups in total. The zero-order valence-corrected chi connectivity index (χ0v) is 15.4. The van der Waals surface area contributed by atoms with Gasteiger partial charge in [0.05, 0.1) is 18.4 Å². The molecule has 2 amide bonds. The molecule has 144 valence electrons. The summed E-state index contributed by atoms with van der Waals surface area (Å²) in [6, 6.07) is 3.55. The fraction of sp³-hybridized carbons (Fsp3) is 0.500. The summed E-state index contributed by atoms with van der Waals surface area (Å²) in [5, 5.41) is 10.7. The van der Waals surface area contributed by atoms with Gasteiger partial charge in [-0.25, -0.2) is 0 Å². The lowest BCUT2D eigenvalue weighted by Gasteiger charge is -2.32. The second-order valence-corrected chi connectivity index (χ2v) is 6.58. The molecule has 1 aliphatic rings. The zero-order valence-electron chi connectivity index (χ0n) is 15.4. The van der Waals surface area contributed by atoms with E-state index in [9.17, 15) is 9.59 Å². The van der Waals surface area contributed by atoms with Crippen LogP contribution < -0.4 is 5.32 Å². The molecule has 9 heteroatoms. The molecule has 0 spiro atoms. The van der Waals surface area contributed by atoms with E-state index in [1.54, 1.807) is 42.5 Å². The summed E-state index contributed by atoms with van der Waals surface area (Å²) in [5.74, 6) is 0.00500. The van der Waals surface area contributed by atoms with E-state index in [0.29, 0.717) is 31.8 Å². The summed E-state index contributed by atoms with van der Waals surface area (Å²) in [6.45, 7) is 2.89. The first-order chi connectivity index (χ1) is 13.2. The molecule has 9 nitrogen and oxygen atoms in total. The van der Waals surface area contributed by atoms with E-state index in [1.807, 2.05) is 4.90 Å². The van der Waals surface area contributed by atoms with Gasteiger partial charge in [-0.05, 0) is 30.9 Å². The number of carbonyl (C=O) groups excluding carboxylic acids is 2. The van der Waals surface area contributed by atoms with Gasteiger partial charge in [0.25, 0.3) is 11.8 Å². The van der Waals surface area contributed by atoms with Crippen LogP contribution in [0.2, 0.25) is 0 Å². The largest absolute Gasteiger partial charge is 0.383 e. The van der Waals surface area contributed by atoms with Gasteiger partial charge in [0.1, 0.15) is 0 Å². The van der Waals surface area contributed by atoms with Gasteiger partial charge in [-0.2, -0.15) is 0 Å². The lowest BCUT2D eigenvalue weighted by molar-refractivity contribution is 0.0659. The first kappa shape index (κ1) is 19.0. The van der Waals surface area contributed by atoms with Gasteiger partial charge in [0.2, 0.25) is 0 Å². The van der Waals surface area contributed by atoms with Crippen LogP contribution in [0.15, 0.2) is 30.7 Å². The molecular formula is C18H24N6O3. The molecule has 0 unspecified atom stereocenters. The normalized spacial score (nSPS) is 16.9. The topological polar surface area (TPSA) is 102 Å². The minimum absolute atomic E-state index is 0.00426. The maximum Gasteiger partial charge on any atom is 0.273 e. The van der Waals surface area contributed by atoms with Gasteiger partial charge in [0, 0.05) is 45.7 Å². The van der Waals surface area contributed by atoms with Crippen molar-refractivity contribution < 1.29 is 14.3 Å². The Bertz CT molecular complexity index is 763. The van der Waals surface area contributed by atoms with Crippen LogP contribution in [-0.4, -0.2) is 70.0 Å². The Balaban J connectivity index is 1.55. The Kier molecular flexibility index (Phi) is 6.48. The van der Waals surface area contributed by atoms with Gasteiger partial charge in [-0.1, -0.05) is 5.21 Å². The number of ether oxygens (including phenoxy) is 1. The summed E-state index contributed by atoms with van der Waals surface area (Å²) in [4.78, 5) is 30.5. The second kappa shape index (κ2) is 9.22. The van der Waals surface area contributed by atoms with E-state index in [-0.39, 0.29) is 23.4 Å². The minimum atomic E-state index is -0.268. The van der Waals surface area contributed by atoms with Crippen LogP contribution >= 0.6 is 0 Å². The molecular weight excluding hydrogens is 348 g/mol. The highest BCUT2D eigenvalue weighted by atomic mass is 16.5. The average molecular weight is 372 g/mol. The van der Waals surface area contributed by atoms with E-state index in [2.05, 4.69) is 20.6 Å². The molecule has 0 bridgehead atoms. The Labute approximate surface area is 157 Å². The van der Waals surface area contributed by atoms with Gasteiger partial charge in [-0.3, -0.25) is 19.3 Å². The summed E-state index contributed by atoms with van der Waals surface area (Å²) in [6.07, 6.45) is 6.84. The van der Waals surface area contributed by atoms with Gasteiger partial charge < -0.3 is 15.0 Å². The number of rotatable bonds is 7. The molecule has 2 aromatic rings. The van der Waals surface area contributed by atoms with E-state index in [4.69, 9.17) is 4.74 Å². The molecule has 27 heavy (non-hydrogen) atoms. The third-order valence-corrected chi connectivity index (χ3v) is 4.52. The Morgan fingerprint density at radius 1 is 1.41 bits per heavy atom. The molecule has 0 aromatic carbocycles. The van der Waals surface area contributed by atoms with Crippen LogP contribution in [0.3, 0.4) is 0 Å². The number of piperidine rings is 1. The lowest BCUT2D eigenvalue weighted by Crippen LogP contribution is -2.41. The van der Waals surface area contributed by atoms with Crippen LogP contribution in [0.4, 0.5) is 0 Å². The molecule has 1 saturated heterocycles. The van der Waals surface area contributed by atoms with Crippen molar-refractivity contribution in [3.8, 4) is 0 Å². The summed E-state index contributed by atoms with van der Waals surface area (Å²) in [5.41, 5.74) is 0.888. The van der Waals surface area contributed by atoms with Crippen molar-refractivity contribution in [2.45, 2.75) is 19.4 Å². The Hall–Kier alpha value is -2.81. The first-order valence-corrected chi connectivity index (χ1v) is 9.04. The first-order valence-electron chi connectivity index (χ1n) is 9.04. The highest BCUT2D eigenvalue weighted by molar-refractivity contribution is 5.94. The molecule has 1 fully saturated rings. The van der Waals surface area contributed by atoms with Crippen molar-refractivity contribution in [2.75, 3.05) is 33.4 Å². The van der Waals surface area contributed by atoms with E-state index >= 15 is 0 Å². The molecule has 0 radical (unpaired) electrons. The van der Waals surface area contributed by atoms with Crippen molar-refractivity contribution >= 4 is 11.8 Å². The average Bonchev–Trinajstić information content (AvgIpc) is 3.17. The number of likely N-dealkylation sites (tertiary alicyclic amines) is 1. The molecule has 3 heterocycles. The van der Waals surface area contributed by atoms with E-state index in [0.717, 1.165) is 19.4 Å². The molecule has 1 atom stereocenters. The number of nitrogens with zero attached hydrogens (tertiary/aromatic N) is 5. The van der Waals surface area contributed by atoms with E-state index < -0.39 is 0 Å². The third-order valence-electron chi connectivity index (χ3n) is 4.52. The van der Waals surface area contributed by atoms with Crippen molar-refractivity contribution in [1.29, 1.82) is 0 Å². The lowest BCUT2D eigenvalue weighted by atomic mass is 9.97. The van der Waals surface area contributed by atoms with Gasteiger partial charge >= 0.3 is 0 Å². The van der Waals surface area contributed by atoms with Crippen LogP contribution in [0.5, 0.6) is 0 Å². The van der Waals surface area contributed by atoms with Gasteiger partial charge in [-0.15, -0.1) is 5.10 Å². The maximum atomic E-state index is 12.6. The number of carbonyl (C=O) groups is 2. The standard InChI is InChI=1S/C18H24N6O3/c1-27-9-7-20-17(25)16-13-24(22-21-16)12-14-4-3-8-23(11-14)18(26)15-5-2-6-19-10-15/h2,5-6,10,13-14H,3-4,7-9,11-12H2,1H3,(H,20,25)/t14-/m0/s1. The third kappa shape index (κ3) is 5.10. The molecule has 3 rings (SSSR count). The Morgan fingerprint density at radius 2 is 2.30 bits per heavy atom. The van der Waals surface area contributed by atoms with Crippen LogP contribution in [0, 0.1) is 5.92 Å². The highest BCUT2D eigenvalue weighted by Gasteiger charge is 2.25. The predicted octanol–water partition coefficient (Wildman–Crippen LogP) is 0.602. The molecule has 2 aromatic heterocycles. The minimum Gasteiger partial charge on any atom is -0.383 e. The van der Waals surface area contributed by atoms with Crippen molar-refractivity contribution in [3.63, 3.8) is 0 Å². The smallest absolute Gasteiger partial charge is 0.273 e. The number of hydrogen-bond acceptors (Lipinski definition) is 6. The van der Waals surface area contributed by atoms with Crippen LogP contribution in [0.25, 0.3) is 0 Å².